The van der Waals surface area contributed by atoms with E-state index in [2.05, 4.69) is 36.9 Å². The number of benzene rings is 1. The molecule has 0 saturated carbocycles. The van der Waals surface area contributed by atoms with Crippen molar-refractivity contribution in [2.45, 2.75) is 25.5 Å². The van der Waals surface area contributed by atoms with Gasteiger partial charge in [0.25, 0.3) is 5.78 Å². The van der Waals surface area contributed by atoms with E-state index in [1.165, 1.54) is 11.8 Å². The van der Waals surface area contributed by atoms with Gasteiger partial charge < -0.3 is 20.4 Å². The van der Waals surface area contributed by atoms with Crippen LogP contribution in [0.4, 0.5) is 11.9 Å². The Kier molecular flexibility index (Phi) is 9.00. The van der Waals surface area contributed by atoms with Crippen LogP contribution in [0.5, 0.6) is 0 Å². The number of fused-ring (bicyclic) bond motifs is 1. The smallest absolute Gasteiger partial charge is 0.261 e. The second-order valence-corrected chi connectivity index (χ2v) is 8.71. The highest BCUT2D eigenvalue weighted by Crippen LogP contribution is 2.22. The fraction of sp³-hybridized carbons (Fsp3) is 0.455. The molecule has 0 radical (unpaired) electrons. The monoisotopic (exact) mass is 482 g/mol. The normalized spacial score (nSPS) is 10.9. The van der Waals surface area contributed by atoms with Crippen molar-refractivity contribution in [2.24, 2.45) is 0 Å². The quantitative estimate of drug-likeness (QED) is 0.370. The molecule has 1 amide bonds. The molecule has 0 bridgehead atoms. The van der Waals surface area contributed by atoms with Gasteiger partial charge in [0.2, 0.25) is 17.8 Å². The Hall–Kier alpha value is -3.43. The van der Waals surface area contributed by atoms with Crippen molar-refractivity contribution in [2.75, 3.05) is 56.7 Å². The lowest BCUT2D eigenvalue weighted by atomic mass is 10.1. The van der Waals surface area contributed by atoms with E-state index >= 15 is 0 Å². The Labute approximate surface area is 203 Å². The zero-order chi connectivity index (χ0) is 24.5. The highest BCUT2D eigenvalue weighted by Gasteiger charge is 2.19. The summed E-state index contributed by atoms with van der Waals surface area (Å²) < 4.78 is 1.73. The predicted molar refractivity (Wildman–Crippen MR) is 133 cm³/mol. The summed E-state index contributed by atoms with van der Waals surface area (Å²) in [5.74, 6) is 1.65. The fourth-order valence-electron chi connectivity index (χ4n) is 3.13. The first kappa shape index (κ1) is 25.2. The van der Waals surface area contributed by atoms with Gasteiger partial charge in [0.1, 0.15) is 0 Å². The molecular formula is C22H30N10OS. The minimum absolute atomic E-state index is 0.0110. The SMILES string of the molecule is CCNc1nc(NCC)n2c(SCC(=O)N(CCN(C)C)Cc3ccc(C#N)cc3)nnc2n1. The number of carbonyl (C=O) groups is 1. The van der Waals surface area contributed by atoms with E-state index in [9.17, 15) is 4.79 Å². The molecule has 3 rings (SSSR count). The van der Waals surface area contributed by atoms with Crippen LogP contribution in [-0.4, -0.2) is 86.3 Å². The van der Waals surface area contributed by atoms with Crippen LogP contribution in [0.1, 0.15) is 25.0 Å². The molecule has 2 heterocycles. The maximum Gasteiger partial charge on any atom is 0.261 e. The van der Waals surface area contributed by atoms with Crippen LogP contribution in [0.3, 0.4) is 0 Å². The first-order chi connectivity index (χ1) is 16.4. The lowest BCUT2D eigenvalue weighted by Crippen LogP contribution is -2.37. The zero-order valence-corrected chi connectivity index (χ0v) is 20.8. The van der Waals surface area contributed by atoms with Crippen molar-refractivity contribution in [3.8, 4) is 6.07 Å². The van der Waals surface area contributed by atoms with E-state index in [0.717, 1.165) is 12.1 Å². The Morgan fingerprint density at radius 2 is 1.82 bits per heavy atom. The Morgan fingerprint density at radius 1 is 1.09 bits per heavy atom. The number of nitrogens with one attached hydrogen (secondary N) is 2. The first-order valence-electron chi connectivity index (χ1n) is 11.1. The van der Waals surface area contributed by atoms with Crippen LogP contribution in [0.15, 0.2) is 29.4 Å². The van der Waals surface area contributed by atoms with E-state index in [1.54, 1.807) is 16.5 Å². The van der Waals surface area contributed by atoms with Gasteiger partial charge >= 0.3 is 0 Å². The first-order valence-corrected chi connectivity index (χ1v) is 12.1. The van der Waals surface area contributed by atoms with Crippen LogP contribution in [0.2, 0.25) is 0 Å². The molecule has 0 saturated heterocycles. The third-order valence-corrected chi connectivity index (χ3v) is 5.78. The van der Waals surface area contributed by atoms with E-state index in [-0.39, 0.29) is 11.7 Å². The van der Waals surface area contributed by atoms with Gasteiger partial charge in [0, 0.05) is 32.7 Å². The lowest BCUT2D eigenvalue weighted by Gasteiger charge is -2.24. The Morgan fingerprint density at radius 3 is 2.47 bits per heavy atom. The predicted octanol–water partition coefficient (Wildman–Crippen LogP) is 1.94. The molecule has 3 aromatic rings. The van der Waals surface area contributed by atoms with Gasteiger partial charge in [0.15, 0.2) is 5.16 Å². The molecular weight excluding hydrogens is 452 g/mol. The summed E-state index contributed by atoms with van der Waals surface area (Å²) in [4.78, 5) is 26.0. The molecule has 2 N–H and O–H groups in total. The van der Waals surface area contributed by atoms with Crippen molar-refractivity contribution < 1.29 is 4.79 Å². The molecule has 0 aliphatic carbocycles. The molecule has 34 heavy (non-hydrogen) atoms. The van der Waals surface area contributed by atoms with Gasteiger partial charge in [-0.3, -0.25) is 4.79 Å². The number of carbonyl (C=O) groups excluding carboxylic acids is 1. The van der Waals surface area contributed by atoms with Gasteiger partial charge in [-0.05, 0) is 45.6 Å². The molecule has 0 atom stereocenters. The number of nitriles is 1. The molecule has 0 spiro atoms. The molecule has 0 aliphatic heterocycles. The molecule has 1 aromatic carbocycles. The molecule has 0 unspecified atom stereocenters. The third kappa shape index (κ3) is 6.55. The molecule has 11 nitrogen and oxygen atoms in total. The number of likely N-dealkylation sites (N-methyl/N-ethyl adjacent to an activating group) is 1. The Balaban J connectivity index is 1.76. The van der Waals surface area contributed by atoms with Crippen molar-refractivity contribution in [3.05, 3.63) is 35.4 Å². The number of nitrogens with zero attached hydrogens (tertiary/aromatic N) is 8. The van der Waals surface area contributed by atoms with Gasteiger partial charge in [-0.15, -0.1) is 10.2 Å². The van der Waals surface area contributed by atoms with Crippen LogP contribution in [0, 0.1) is 11.3 Å². The third-order valence-electron chi connectivity index (χ3n) is 4.87. The molecule has 180 valence electrons. The molecule has 0 fully saturated rings. The molecule has 0 aliphatic rings. The highest BCUT2D eigenvalue weighted by molar-refractivity contribution is 7.99. The topological polar surface area (TPSA) is 127 Å². The number of aromatic nitrogens is 5. The minimum Gasteiger partial charge on any atom is -0.355 e. The van der Waals surface area contributed by atoms with Crippen LogP contribution in [0.25, 0.3) is 5.78 Å². The molecule has 2 aromatic heterocycles. The van der Waals surface area contributed by atoms with Gasteiger partial charge in [-0.25, -0.2) is 4.40 Å². The summed E-state index contributed by atoms with van der Waals surface area (Å²) >= 11 is 1.30. The second kappa shape index (κ2) is 12.2. The minimum atomic E-state index is -0.0110. The lowest BCUT2D eigenvalue weighted by molar-refractivity contribution is -0.129. The van der Waals surface area contributed by atoms with E-state index in [4.69, 9.17) is 5.26 Å². The van der Waals surface area contributed by atoms with Crippen molar-refractivity contribution >= 4 is 35.3 Å². The number of anilines is 2. The number of hydrogen-bond donors (Lipinski definition) is 2. The summed E-state index contributed by atoms with van der Waals surface area (Å²) in [5.41, 5.74) is 1.57. The van der Waals surface area contributed by atoms with Crippen molar-refractivity contribution in [3.63, 3.8) is 0 Å². The zero-order valence-electron chi connectivity index (χ0n) is 19.9. The van der Waals surface area contributed by atoms with Gasteiger partial charge in [-0.2, -0.15) is 15.2 Å². The highest BCUT2D eigenvalue weighted by atomic mass is 32.2. The number of hydrogen-bond acceptors (Lipinski definition) is 10. The van der Waals surface area contributed by atoms with Crippen molar-refractivity contribution in [1.29, 1.82) is 5.26 Å². The fourth-order valence-corrected chi connectivity index (χ4v) is 3.96. The number of amides is 1. The van der Waals surface area contributed by atoms with Gasteiger partial charge in [-0.1, -0.05) is 23.9 Å². The summed E-state index contributed by atoms with van der Waals surface area (Å²) in [7, 11) is 3.96. The Bertz CT molecular complexity index is 1140. The maximum absolute atomic E-state index is 13.2. The van der Waals surface area contributed by atoms with Crippen LogP contribution >= 0.6 is 11.8 Å². The van der Waals surface area contributed by atoms with Gasteiger partial charge in [0.05, 0.1) is 17.4 Å². The summed E-state index contributed by atoms with van der Waals surface area (Å²) in [6, 6.07) is 9.43. The second-order valence-electron chi connectivity index (χ2n) is 7.77. The number of thioether (sulfide) groups is 1. The van der Waals surface area contributed by atoms with E-state index < -0.39 is 0 Å². The van der Waals surface area contributed by atoms with Crippen LogP contribution < -0.4 is 10.6 Å². The number of rotatable bonds is 12. The summed E-state index contributed by atoms with van der Waals surface area (Å²) in [5, 5.41) is 24.3. The van der Waals surface area contributed by atoms with Crippen molar-refractivity contribution in [1.82, 2.24) is 34.4 Å². The summed E-state index contributed by atoms with van der Waals surface area (Å²) in [6.45, 7) is 7.11. The standard InChI is InChI=1S/C22H30N10OS/c1-5-24-19-26-20(25-6-2)32-21(27-19)28-29-22(32)34-15-18(33)31(12-11-30(3)4)14-17-9-7-16(13-23)8-10-17/h7-10H,5-6,11-12,14-15H2,1-4H3,(H2,24,25,26,27,28). The van der Waals surface area contributed by atoms with E-state index in [0.29, 0.717) is 54.6 Å². The summed E-state index contributed by atoms with van der Waals surface area (Å²) in [6.07, 6.45) is 0. The maximum atomic E-state index is 13.2. The van der Waals surface area contributed by atoms with E-state index in [1.807, 2.05) is 49.9 Å². The largest absolute Gasteiger partial charge is 0.355 e. The van der Waals surface area contributed by atoms with Crippen LogP contribution in [-0.2, 0) is 11.3 Å². The average molecular weight is 483 g/mol. The molecule has 12 heteroatoms. The average Bonchev–Trinajstić information content (AvgIpc) is 3.24.